The van der Waals surface area contributed by atoms with Gasteiger partial charge in [0.2, 0.25) is 0 Å². The van der Waals surface area contributed by atoms with E-state index in [0.29, 0.717) is 22.6 Å². The van der Waals surface area contributed by atoms with Crippen LogP contribution in [0.4, 0.5) is 5.69 Å². The normalized spacial score (nSPS) is 10.8. The Hall–Kier alpha value is -4.39. The third-order valence-electron chi connectivity index (χ3n) is 4.33. The Labute approximate surface area is 179 Å². The second kappa shape index (κ2) is 9.89. The second-order valence-electron chi connectivity index (χ2n) is 6.47. The third kappa shape index (κ3) is 5.80. The molecule has 3 aromatic carbocycles. The van der Waals surface area contributed by atoms with Gasteiger partial charge in [0.25, 0.3) is 11.8 Å². The fourth-order valence-corrected chi connectivity index (χ4v) is 2.70. The van der Waals surface area contributed by atoms with Crippen molar-refractivity contribution in [1.29, 1.82) is 0 Å². The number of aromatic carboxylic acids is 1. The second-order valence-corrected chi connectivity index (χ2v) is 6.47. The van der Waals surface area contributed by atoms with E-state index < -0.39 is 17.8 Å². The zero-order valence-electron chi connectivity index (χ0n) is 16.6. The molecule has 0 aliphatic carbocycles. The highest BCUT2D eigenvalue weighted by Gasteiger charge is 2.15. The highest BCUT2D eigenvalue weighted by molar-refractivity contribution is 6.10. The number of anilines is 1. The molecule has 2 N–H and O–H groups in total. The summed E-state index contributed by atoms with van der Waals surface area (Å²) in [6, 6.07) is 21.0. The monoisotopic (exact) mass is 415 g/mol. The summed E-state index contributed by atoms with van der Waals surface area (Å²) in [7, 11) is 1.55. The molecule has 3 aromatic rings. The number of benzene rings is 3. The van der Waals surface area contributed by atoms with Gasteiger partial charge in [0.15, 0.2) is 0 Å². The topological polar surface area (TPSA) is 108 Å². The maximum absolute atomic E-state index is 12.9. The van der Waals surface area contributed by atoms with Crippen molar-refractivity contribution in [1.82, 2.24) is 5.32 Å². The van der Waals surface area contributed by atoms with Gasteiger partial charge >= 0.3 is 0 Å². The van der Waals surface area contributed by atoms with Crippen molar-refractivity contribution in [2.75, 3.05) is 12.4 Å². The van der Waals surface area contributed by atoms with E-state index in [1.807, 2.05) is 0 Å². The van der Waals surface area contributed by atoms with Crippen LogP contribution in [0.25, 0.3) is 6.08 Å². The number of carbonyl (C=O) groups is 3. The molecular formula is C24H19N2O5-. The molecular weight excluding hydrogens is 396 g/mol. The Morgan fingerprint density at radius 1 is 0.839 bits per heavy atom. The molecule has 0 bridgehead atoms. The summed E-state index contributed by atoms with van der Waals surface area (Å²) in [4.78, 5) is 36.4. The van der Waals surface area contributed by atoms with Gasteiger partial charge in [0, 0.05) is 11.3 Å². The molecule has 2 amide bonds. The van der Waals surface area contributed by atoms with Gasteiger partial charge in [0.05, 0.1) is 13.1 Å². The summed E-state index contributed by atoms with van der Waals surface area (Å²) in [6.07, 6.45) is 1.53. The van der Waals surface area contributed by atoms with E-state index in [9.17, 15) is 19.5 Å². The Bertz CT molecular complexity index is 1100. The van der Waals surface area contributed by atoms with Crippen LogP contribution in [0.1, 0.15) is 26.3 Å². The predicted octanol–water partition coefficient (Wildman–Crippen LogP) is 2.47. The third-order valence-corrected chi connectivity index (χ3v) is 4.33. The number of carboxylic acids is 1. The average molecular weight is 415 g/mol. The Balaban J connectivity index is 1.86. The van der Waals surface area contributed by atoms with Gasteiger partial charge in [-0.15, -0.1) is 0 Å². The van der Waals surface area contributed by atoms with E-state index in [4.69, 9.17) is 4.74 Å². The van der Waals surface area contributed by atoms with Gasteiger partial charge in [-0.25, -0.2) is 0 Å². The first kappa shape index (κ1) is 21.3. The van der Waals surface area contributed by atoms with Crippen molar-refractivity contribution in [2.45, 2.75) is 0 Å². The van der Waals surface area contributed by atoms with Crippen LogP contribution in [-0.2, 0) is 4.79 Å². The number of hydrogen-bond acceptors (Lipinski definition) is 5. The zero-order valence-corrected chi connectivity index (χ0v) is 16.6. The van der Waals surface area contributed by atoms with Crippen LogP contribution in [0.5, 0.6) is 5.75 Å². The molecule has 7 nitrogen and oxygen atoms in total. The lowest BCUT2D eigenvalue weighted by Gasteiger charge is -2.12. The van der Waals surface area contributed by atoms with E-state index in [1.54, 1.807) is 61.7 Å². The number of hydrogen-bond donors (Lipinski definition) is 2. The first-order chi connectivity index (χ1) is 15.0. The van der Waals surface area contributed by atoms with Crippen LogP contribution >= 0.6 is 0 Å². The molecule has 3 rings (SSSR count). The summed E-state index contributed by atoms with van der Waals surface area (Å²) in [5.74, 6) is -1.67. The number of nitrogens with one attached hydrogen (secondary N) is 2. The number of amides is 2. The first-order valence-corrected chi connectivity index (χ1v) is 9.31. The van der Waals surface area contributed by atoms with E-state index in [2.05, 4.69) is 10.6 Å². The quantitative estimate of drug-likeness (QED) is 0.577. The number of rotatable bonds is 7. The molecule has 0 heterocycles. The van der Waals surface area contributed by atoms with Crippen LogP contribution < -0.4 is 20.5 Å². The van der Waals surface area contributed by atoms with E-state index in [-0.39, 0.29) is 11.3 Å². The van der Waals surface area contributed by atoms with Crippen LogP contribution in [0.2, 0.25) is 0 Å². The smallest absolute Gasteiger partial charge is 0.272 e. The number of carboxylic acid groups (broad SMARTS) is 1. The summed E-state index contributed by atoms with van der Waals surface area (Å²) < 4.78 is 5.13. The maximum atomic E-state index is 12.9. The largest absolute Gasteiger partial charge is 0.545 e. The Morgan fingerprint density at radius 3 is 2.06 bits per heavy atom. The van der Waals surface area contributed by atoms with Crippen LogP contribution in [0.3, 0.4) is 0 Å². The number of methoxy groups -OCH3 is 1. The summed E-state index contributed by atoms with van der Waals surface area (Å²) in [5, 5.41) is 16.2. The molecule has 0 fully saturated rings. The van der Waals surface area contributed by atoms with Crippen molar-refractivity contribution in [3.8, 4) is 5.75 Å². The first-order valence-electron chi connectivity index (χ1n) is 9.31. The lowest BCUT2D eigenvalue weighted by molar-refractivity contribution is -0.255. The van der Waals surface area contributed by atoms with Crippen molar-refractivity contribution < 1.29 is 24.2 Å². The lowest BCUT2D eigenvalue weighted by atomic mass is 10.1. The molecule has 0 saturated heterocycles. The van der Waals surface area contributed by atoms with Gasteiger partial charge in [-0.05, 0) is 53.6 Å². The summed E-state index contributed by atoms with van der Waals surface area (Å²) >= 11 is 0. The maximum Gasteiger partial charge on any atom is 0.272 e. The minimum absolute atomic E-state index is 0.00984. The van der Waals surface area contributed by atoms with Gasteiger partial charge in [-0.3, -0.25) is 9.59 Å². The van der Waals surface area contributed by atoms with Gasteiger partial charge in [-0.2, -0.15) is 0 Å². The molecule has 0 aromatic heterocycles. The summed E-state index contributed by atoms with van der Waals surface area (Å²) in [5.41, 5.74) is 1.44. The molecule has 0 saturated carbocycles. The van der Waals surface area contributed by atoms with Crippen molar-refractivity contribution in [3.05, 3.63) is 101 Å². The van der Waals surface area contributed by atoms with Crippen molar-refractivity contribution >= 4 is 29.5 Å². The number of ether oxygens (including phenoxy) is 1. The molecule has 0 atom stereocenters. The lowest BCUT2D eigenvalue weighted by Crippen LogP contribution is -2.30. The Kier molecular flexibility index (Phi) is 6.80. The minimum Gasteiger partial charge on any atom is -0.545 e. The van der Waals surface area contributed by atoms with Gasteiger partial charge in [0.1, 0.15) is 11.4 Å². The summed E-state index contributed by atoms with van der Waals surface area (Å²) in [6.45, 7) is 0. The SMILES string of the molecule is COc1ccc(/C=C(/NC(=O)c2ccccc2)C(=O)Nc2ccc(C(=O)[O-])cc2)cc1. The zero-order chi connectivity index (χ0) is 22.2. The molecule has 156 valence electrons. The highest BCUT2D eigenvalue weighted by Crippen LogP contribution is 2.15. The van der Waals surface area contributed by atoms with E-state index in [1.165, 1.54) is 30.3 Å². The van der Waals surface area contributed by atoms with Crippen LogP contribution in [0.15, 0.2) is 84.6 Å². The van der Waals surface area contributed by atoms with Gasteiger partial charge in [-0.1, -0.05) is 42.5 Å². The van der Waals surface area contributed by atoms with E-state index in [0.717, 1.165) is 0 Å². The average Bonchev–Trinajstić information content (AvgIpc) is 2.80. The molecule has 0 aliphatic rings. The van der Waals surface area contributed by atoms with Crippen LogP contribution in [-0.4, -0.2) is 24.9 Å². The van der Waals surface area contributed by atoms with Crippen molar-refractivity contribution in [2.24, 2.45) is 0 Å². The molecule has 31 heavy (non-hydrogen) atoms. The van der Waals surface area contributed by atoms with E-state index >= 15 is 0 Å². The minimum atomic E-state index is -1.31. The molecule has 0 unspecified atom stereocenters. The number of carbonyl (C=O) groups excluding carboxylic acids is 3. The fraction of sp³-hybridized carbons (Fsp3) is 0.0417. The fourth-order valence-electron chi connectivity index (χ4n) is 2.70. The molecule has 0 radical (unpaired) electrons. The Morgan fingerprint density at radius 2 is 1.48 bits per heavy atom. The van der Waals surface area contributed by atoms with Gasteiger partial charge < -0.3 is 25.3 Å². The predicted molar refractivity (Wildman–Crippen MR) is 114 cm³/mol. The standard InChI is InChI=1S/C24H20N2O5/c1-31-20-13-7-16(8-14-20)15-21(26-22(27)17-5-3-2-4-6-17)23(28)25-19-11-9-18(10-12-19)24(29)30/h2-15H,1H3,(H,25,28)(H,26,27)(H,29,30)/p-1/b21-15+. The highest BCUT2D eigenvalue weighted by atomic mass is 16.5. The van der Waals surface area contributed by atoms with Crippen LogP contribution in [0, 0.1) is 0 Å². The molecule has 7 heteroatoms. The van der Waals surface area contributed by atoms with Crippen molar-refractivity contribution in [3.63, 3.8) is 0 Å². The molecule has 0 aliphatic heterocycles. The molecule has 0 spiro atoms.